The van der Waals surface area contributed by atoms with Crippen molar-refractivity contribution in [3.63, 3.8) is 0 Å². The molecule has 2 rings (SSSR count). The molecule has 6 heteroatoms. The highest BCUT2D eigenvalue weighted by atomic mass is 16.5. The van der Waals surface area contributed by atoms with Crippen LogP contribution in [-0.4, -0.2) is 36.4 Å². The van der Waals surface area contributed by atoms with Gasteiger partial charge in [-0.25, -0.2) is 9.78 Å². The van der Waals surface area contributed by atoms with Crippen LogP contribution in [0.2, 0.25) is 0 Å². The average Bonchev–Trinajstić information content (AvgIpc) is 2.39. The van der Waals surface area contributed by atoms with E-state index in [4.69, 9.17) is 9.84 Å². The van der Waals surface area contributed by atoms with Crippen molar-refractivity contribution in [2.24, 2.45) is 0 Å². The van der Waals surface area contributed by atoms with Crippen molar-refractivity contribution in [1.82, 2.24) is 15.6 Å². The monoisotopic (exact) mass is 251 g/mol. The lowest BCUT2D eigenvalue weighted by atomic mass is 9.83. The molecule has 3 N–H and O–H groups in total. The van der Waals surface area contributed by atoms with Crippen LogP contribution in [0.4, 0.5) is 4.79 Å². The lowest BCUT2D eigenvalue weighted by Gasteiger charge is -2.38. The van der Waals surface area contributed by atoms with Crippen molar-refractivity contribution >= 4 is 6.09 Å². The number of aromatic nitrogens is 1. The summed E-state index contributed by atoms with van der Waals surface area (Å²) in [5, 5.41) is 14.9. The number of rotatable bonds is 3. The molecule has 0 aromatic carbocycles. The second-order valence-corrected chi connectivity index (χ2v) is 4.35. The van der Waals surface area contributed by atoms with Crippen molar-refractivity contribution in [3.8, 4) is 5.88 Å². The Morgan fingerprint density at radius 2 is 2.50 bits per heavy atom. The zero-order chi connectivity index (χ0) is 13.0. The number of methoxy groups -OCH3 is 1. The Labute approximate surface area is 105 Å². The van der Waals surface area contributed by atoms with Crippen LogP contribution < -0.4 is 15.4 Å². The minimum absolute atomic E-state index is 0.468. The molecule has 1 saturated heterocycles. The Hall–Kier alpha value is -1.82. The SMILES string of the molecule is COc1ncccc1C1(NC(=O)O)CCCNC1. The number of amides is 1. The third-order valence-electron chi connectivity index (χ3n) is 3.21. The smallest absolute Gasteiger partial charge is 0.405 e. The molecule has 1 aromatic rings. The number of pyridine rings is 1. The summed E-state index contributed by atoms with van der Waals surface area (Å²) >= 11 is 0. The maximum absolute atomic E-state index is 11.0. The van der Waals surface area contributed by atoms with E-state index in [1.807, 2.05) is 6.07 Å². The van der Waals surface area contributed by atoms with Gasteiger partial charge in [0.25, 0.3) is 0 Å². The molecule has 1 aromatic heterocycles. The first-order valence-corrected chi connectivity index (χ1v) is 5.89. The molecule has 0 saturated carbocycles. The minimum atomic E-state index is -1.04. The standard InChI is InChI=1S/C12H17N3O3/c1-18-10-9(4-2-7-14-10)12(15-11(16)17)5-3-6-13-8-12/h2,4,7,13,15H,3,5-6,8H2,1H3,(H,16,17). The molecule has 0 aliphatic carbocycles. The normalized spacial score (nSPS) is 23.4. The second-order valence-electron chi connectivity index (χ2n) is 4.35. The summed E-state index contributed by atoms with van der Waals surface area (Å²) in [5.41, 5.74) is 0.117. The zero-order valence-corrected chi connectivity index (χ0v) is 10.3. The molecule has 98 valence electrons. The summed E-state index contributed by atoms with van der Waals surface area (Å²) in [6, 6.07) is 3.65. The lowest BCUT2D eigenvalue weighted by molar-refractivity contribution is 0.165. The molecule has 18 heavy (non-hydrogen) atoms. The highest BCUT2D eigenvalue weighted by Crippen LogP contribution is 2.33. The number of ether oxygens (including phenoxy) is 1. The molecular weight excluding hydrogens is 234 g/mol. The van der Waals surface area contributed by atoms with E-state index >= 15 is 0 Å². The molecule has 0 bridgehead atoms. The summed E-state index contributed by atoms with van der Waals surface area (Å²) in [7, 11) is 1.54. The van der Waals surface area contributed by atoms with Crippen LogP contribution in [-0.2, 0) is 5.54 Å². The fourth-order valence-electron chi connectivity index (χ4n) is 2.43. The van der Waals surface area contributed by atoms with Crippen molar-refractivity contribution in [2.45, 2.75) is 18.4 Å². The van der Waals surface area contributed by atoms with Crippen molar-refractivity contribution in [3.05, 3.63) is 23.9 Å². The topological polar surface area (TPSA) is 83.5 Å². The third kappa shape index (κ3) is 2.38. The van der Waals surface area contributed by atoms with Crippen molar-refractivity contribution in [1.29, 1.82) is 0 Å². The number of nitrogens with one attached hydrogen (secondary N) is 2. The van der Waals surface area contributed by atoms with Gasteiger partial charge in [0.2, 0.25) is 5.88 Å². The predicted octanol–water partition coefficient (Wildman–Crippen LogP) is 0.936. The van der Waals surface area contributed by atoms with Gasteiger partial charge in [-0.2, -0.15) is 0 Å². The van der Waals surface area contributed by atoms with Crippen molar-refractivity contribution in [2.75, 3.05) is 20.2 Å². The maximum atomic E-state index is 11.0. The highest BCUT2D eigenvalue weighted by Gasteiger charge is 2.38. The van der Waals surface area contributed by atoms with E-state index in [1.165, 1.54) is 7.11 Å². The Balaban J connectivity index is 2.41. The van der Waals surface area contributed by atoms with Gasteiger partial charge in [0, 0.05) is 18.3 Å². The number of piperidine rings is 1. The van der Waals surface area contributed by atoms with Crippen LogP contribution >= 0.6 is 0 Å². The second kappa shape index (κ2) is 5.22. The van der Waals surface area contributed by atoms with Crippen LogP contribution in [0, 0.1) is 0 Å². The first-order chi connectivity index (χ1) is 8.68. The van der Waals surface area contributed by atoms with E-state index in [0.29, 0.717) is 12.4 Å². The Kier molecular flexibility index (Phi) is 3.66. The van der Waals surface area contributed by atoms with Crippen LogP contribution in [0.5, 0.6) is 5.88 Å². The quantitative estimate of drug-likeness (QED) is 0.744. The Morgan fingerprint density at radius 3 is 3.11 bits per heavy atom. The Bertz CT molecular complexity index is 430. The molecule has 2 heterocycles. The van der Waals surface area contributed by atoms with E-state index in [9.17, 15) is 4.79 Å². The maximum Gasteiger partial charge on any atom is 0.405 e. The van der Waals surface area contributed by atoms with Gasteiger partial charge in [-0.1, -0.05) is 0 Å². The molecule has 6 nitrogen and oxygen atoms in total. The number of carbonyl (C=O) groups is 1. The van der Waals surface area contributed by atoms with Gasteiger partial charge in [-0.05, 0) is 31.5 Å². The molecule has 1 aliphatic heterocycles. The van der Waals surface area contributed by atoms with E-state index in [2.05, 4.69) is 15.6 Å². The van der Waals surface area contributed by atoms with E-state index in [0.717, 1.165) is 24.9 Å². The summed E-state index contributed by atoms with van der Waals surface area (Å²) in [4.78, 5) is 15.2. The molecule has 1 amide bonds. The average molecular weight is 251 g/mol. The fourth-order valence-corrected chi connectivity index (χ4v) is 2.43. The van der Waals surface area contributed by atoms with Crippen molar-refractivity contribution < 1.29 is 14.6 Å². The molecule has 1 aliphatic rings. The van der Waals surface area contributed by atoms with Gasteiger partial charge in [0.05, 0.1) is 12.6 Å². The number of nitrogens with zero attached hydrogens (tertiary/aromatic N) is 1. The van der Waals surface area contributed by atoms with Gasteiger partial charge in [-0.3, -0.25) is 0 Å². The predicted molar refractivity (Wildman–Crippen MR) is 65.7 cm³/mol. The number of hydrogen-bond acceptors (Lipinski definition) is 4. The first-order valence-electron chi connectivity index (χ1n) is 5.89. The van der Waals surface area contributed by atoms with Crippen LogP contribution in [0.1, 0.15) is 18.4 Å². The van der Waals surface area contributed by atoms with Gasteiger partial charge in [0.1, 0.15) is 0 Å². The van der Waals surface area contributed by atoms with Crippen LogP contribution in [0.25, 0.3) is 0 Å². The molecule has 0 spiro atoms. The summed E-state index contributed by atoms with van der Waals surface area (Å²) < 4.78 is 5.23. The molecule has 1 fully saturated rings. The molecule has 1 unspecified atom stereocenters. The van der Waals surface area contributed by atoms with Gasteiger partial charge < -0.3 is 20.5 Å². The number of carboxylic acid groups (broad SMARTS) is 1. The van der Waals surface area contributed by atoms with E-state index in [1.54, 1.807) is 12.3 Å². The minimum Gasteiger partial charge on any atom is -0.481 e. The largest absolute Gasteiger partial charge is 0.481 e. The molecule has 0 radical (unpaired) electrons. The van der Waals surface area contributed by atoms with Gasteiger partial charge in [0.15, 0.2) is 0 Å². The summed E-state index contributed by atoms with van der Waals surface area (Å²) in [6.45, 7) is 1.44. The fraction of sp³-hybridized carbons (Fsp3) is 0.500. The van der Waals surface area contributed by atoms with E-state index < -0.39 is 11.6 Å². The van der Waals surface area contributed by atoms with Crippen LogP contribution in [0.15, 0.2) is 18.3 Å². The number of hydrogen-bond donors (Lipinski definition) is 3. The third-order valence-corrected chi connectivity index (χ3v) is 3.21. The van der Waals surface area contributed by atoms with Gasteiger partial charge >= 0.3 is 6.09 Å². The first kappa shape index (κ1) is 12.6. The zero-order valence-electron chi connectivity index (χ0n) is 10.3. The van der Waals surface area contributed by atoms with E-state index in [-0.39, 0.29) is 0 Å². The molecule has 1 atom stereocenters. The highest BCUT2D eigenvalue weighted by molar-refractivity contribution is 5.66. The molecular formula is C12H17N3O3. The lowest BCUT2D eigenvalue weighted by Crippen LogP contribution is -2.55. The summed E-state index contributed by atoms with van der Waals surface area (Å²) in [5.74, 6) is 0.468. The van der Waals surface area contributed by atoms with Crippen LogP contribution in [0.3, 0.4) is 0 Å². The van der Waals surface area contributed by atoms with Gasteiger partial charge in [-0.15, -0.1) is 0 Å². The Morgan fingerprint density at radius 1 is 1.67 bits per heavy atom. The summed E-state index contributed by atoms with van der Waals surface area (Å²) in [6.07, 6.45) is 2.23.